The minimum Gasteiger partial charge on any atom is -0.313 e. The summed E-state index contributed by atoms with van der Waals surface area (Å²) >= 11 is 1.99. The number of alkyl halides is 3. The lowest BCUT2D eigenvalue weighted by molar-refractivity contribution is -0.135. The van der Waals surface area contributed by atoms with Crippen molar-refractivity contribution < 1.29 is 17.6 Å². The molecule has 0 saturated heterocycles. The zero-order chi connectivity index (χ0) is 13.8. The Kier molecular flexibility index (Phi) is 5.84. The van der Waals surface area contributed by atoms with Gasteiger partial charge in [-0.1, -0.05) is 6.07 Å². The lowest BCUT2D eigenvalue weighted by Gasteiger charge is -2.18. The van der Waals surface area contributed by atoms with Gasteiger partial charge in [0.15, 0.2) is 0 Å². The SMILES string of the molecule is CNC(CCCC(F)(F)F)c1ccc(F)cc1I. The van der Waals surface area contributed by atoms with Crippen LogP contribution in [0.2, 0.25) is 0 Å². The van der Waals surface area contributed by atoms with E-state index in [-0.39, 0.29) is 18.3 Å². The maximum Gasteiger partial charge on any atom is 0.389 e. The average molecular weight is 375 g/mol. The Morgan fingerprint density at radius 1 is 1.33 bits per heavy atom. The smallest absolute Gasteiger partial charge is 0.313 e. The van der Waals surface area contributed by atoms with Gasteiger partial charge in [0.2, 0.25) is 0 Å². The Labute approximate surface area is 117 Å². The minimum absolute atomic E-state index is 0.0580. The second-order valence-electron chi connectivity index (χ2n) is 4.01. The molecule has 0 spiro atoms. The lowest BCUT2D eigenvalue weighted by atomic mass is 10.0. The molecule has 102 valence electrons. The molecule has 0 heterocycles. The molecule has 0 fully saturated rings. The van der Waals surface area contributed by atoms with Crippen molar-refractivity contribution in [1.82, 2.24) is 5.32 Å². The summed E-state index contributed by atoms with van der Waals surface area (Å²) < 4.78 is 49.9. The molecular weight excluding hydrogens is 361 g/mol. The maximum atomic E-state index is 12.9. The lowest BCUT2D eigenvalue weighted by Crippen LogP contribution is -2.18. The third-order valence-electron chi connectivity index (χ3n) is 2.64. The highest BCUT2D eigenvalue weighted by atomic mass is 127. The summed E-state index contributed by atoms with van der Waals surface area (Å²) in [6, 6.07) is 4.14. The van der Waals surface area contributed by atoms with Crippen LogP contribution in [0.3, 0.4) is 0 Å². The second-order valence-corrected chi connectivity index (χ2v) is 5.18. The molecule has 1 atom stereocenters. The molecule has 0 radical (unpaired) electrons. The highest BCUT2D eigenvalue weighted by Gasteiger charge is 2.27. The first kappa shape index (κ1) is 15.7. The summed E-state index contributed by atoms with van der Waals surface area (Å²) in [5.74, 6) is -0.340. The second kappa shape index (κ2) is 6.70. The molecule has 1 unspecified atom stereocenters. The van der Waals surface area contributed by atoms with Crippen LogP contribution >= 0.6 is 22.6 Å². The number of benzene rings is 1. The monoisotopic (exact) mass is 375 g/mol. The largest absolute Gasteiger partial charge is 0.389 e. The van der Waals surface area contributed by atoms with Crippen molar-refractivity contribution in [3.05, 3.63) is 33.1 Å². The first-order chi connectivity index (χ1) is 8.33. The highest BCUT2D eigenvalue weighted by molar-refractivity contribution is 14.1. The standard InChI is InChI=1S/C12H14F4IN/c1-18-11(3-2-6-12(14,15)16)9-5-4-8(13)7-10(9)17/h4-5,7,11,18H,2-3,6H2,1H3. The number of rotatable bonds is 5. The van der Waals surface area contributed by atoms with Crippen LogP contribution in [-0.4, -0.2) is 13.2 Å². The molecule has 0 saturated carbocycles. The van der Waals surface area contributed by atoms with Crippen molar-refractivity contribution in [3.8, 4) is 0 Å². The number of nitrogens with one attached hydrogen (secondary N) is 1. The minimum atomic E-state index is -4.12. The van der Waals surface area contributed by atoms with Crippen LogP contribution in [0.1, 0.15) is 30.9 Å². The van der Waals surface area contributed by atoms with Gasteiger partial charge in [-0.05, 0) is 60.2 Å². The summed E-state index contributed by atoms with van der Waals surface area (Å²) in [6.07, 6.45) is -4.47. The zero-order valence-corrected chi connectivity index (χ0v) is 12.0. The first-order valence-electron chi connectivity index (χ1n) is 5.52. The van der Waals surface area contributed by atoms with Crippen LogP contribution in [0.4, 0.5) is 17.6 Å². The van der Waals surface area contributed by atoms with Gasteiger partial charge in [0.05, 0.1) is 0 Å². The van der Waals surface area contributed by atoms with E-state index in [4.69, 9.17) is 0 Å². The third-order valence-corrected chi connectivity index (χ3v) is 3.57. The van der Waals surface area contributed by atoms with Gasteiger partial charge in [-0.3, -0.25) is 0 Å². The normalized spacial score (nSPS) is 13.7. The van der Waals surface area contributed by atoms with Gasteiger partial charge in [0.25, 0.3) is 0 Å². The van der Waals surface area contributed by atoms with E-state index in [1.54, 1.807) is 13.1 Å². The molecule has 0 amide bonds. The van der Waals surface area contributed by atoms with Crippen molar-refractivity contribution in [3.63, 3.8) is 0 Å². The van der Waals surface area contributed by atoms with Crippen LogP contribution in [0.15, 0.2) is 18.2 Å². The zero-order valence-electron chi connectivity index (χ0n) is 9.82. The Balaban J connectivity index is 2.66. The van der Waals surface area contributed by atoms with Crippen molar-refractivity contribution in [2.75, 3.05) is 7.05 Å². The molecule has 0 bridgehead atoms. The molecule has 0 aromatic heterocycles. The van der Waals surface area contributed by atoms with Gasteiger partial charge in [-0.2, -0.15) is 13.2 Å². The number of hydrogen-bond acceptors (Lipinski definition) is 1. The number of halogens is 5. The first-order valence-corrected chi connectivity index (χ1v) is 6.60. The van der Waals surface area contributed by atoms with Crippen molar-refractivity contribution in [2.45, 2.75) is 31.5 Å². The van der Waals surface area contributed by atoms with E-state index in [0.29, 0.717) is 6.42 Å². The predicted molar refractivity (Wildman–Crippen MR) is 70.8 cm³/mol. The van der Waals surface area contributed by atoms with Crippen LogP contribution in [-0.2, 0) is 0 Å². The molecule has 1 aromatic carbocycles. The summed E-state index contributed by atoms with van der Waals surface area (Å²) in [7, 11) is 1.69. The van der Waals surface area contributed by atoms with E-state index in [1.807, 2.05) is 22.6 Å². The van der Waals surface area contributed by atoms with Crippen molar-refractivity contribution >= 4 is 22.6 Å². The van der Waals surface area contributed by atoms with Crippen LogP contribution in [0.25, 0.3) is 0 Å². The average Bonchev–Trinajstić information content (AvgIpc) is 2.24. The third kappa shape index (κ3) is 5.09. The highest BCUT2D eigenvalue weighted by Crippen LogP contribution is 2.28. The Hall–Kier alpha value is -0.370. The molecular formula is C12H14F4IN. The Bertz CT molecular complexity index is 392. The molecule has 0 aliphatic heterocycles. The van der Waals surface area contributed by atoms with E-state index in [9.17, 15) is 17.6 Å². The number of hydrogen-bond donors (Lipinski definition) is 1. The fourth-order valence-electron chi connectivity index (χ4n) is 1.75. The molecule has 0 aliphatic carbocycles. The van der Waals surface area contributed by atoms with E-state index in [1.165, 1.54) is 12.1 Å². The van der Waals surface area contributed by atoms with Gasteiger partial charge in [-0.25, -0.2) is 4.39 Å². The van der Waals surface area contributed by atoms with Crippen molar-refractivity contribution in [2.24, 2.45) is 0 Å². The fraction of sp³-hybridized carbons (Fsp3) is 0.500. The van der Waals surface area contributed by atoms with E-state index < -0.39 is 12.6 Å². The molecule has 1 aromatic rings. The van der Waals surface area contributed by atoms with Gasteiger partial charge in [0.1, 0.15) is 5.82 Å². The molecule has 1 nitrogen and oxygen atoms in total. The topological polar surface area (TPSA) is 12.0 Å². The molecule has 1 rings (SSSR count). The molecule has 6 heteroatoms. The molecule has 0 aliphatic rings. The van der Waals surface area contributed by atoms with Crippen LogP contribution in [0, 0.1) is 9.39 Å². The van der Waals surface area contributed by atoms with Gasteiger partial charge in [0, 0.05) is 16.0 Å². The van der Waals surface area contributed by atoms with E-state index in [2.05, 4.69) is 5.32 Å². The Morgan fingerprint density at radius 3 is 2.50 bits per heavy atom. The predicted octanol–water partition coefficient (Wildman–Crippen LogP) is 4.42. The van der Waals surface area contributed by atoms with Gasteiger partial charge in [-0.15, -0.1) is 0 Å². The fourth-order valence-corrected chi connectivity index (χ4v) is 2.60. The molecule has 1 N–H and O–H groups in total. The summed E-state index contributed by atoms with van der Waals surface area (Å²) in [6.45, 7) is 0. The maximum absolute atomic E-state index is 12.9. The Morgan fingerprint density at radius 2 is 2.00 bits per heavy atom. The molecule has 18 heavy (non-hydrogen) atoms. The van der Waals surface area contributed by atoms with Gasteiger partial charge < -0.3 is 5.32 Å². The summed E-state index contributed by atoms with van der Waals surface area (Å²) in [4.78, 5) is 0. The summed E-state index contributed by atoms with van der Waals surface area (Å²) in [5.41, 5.74) is 0.835. The quantitative estimate of drug-likeness (QED) is 0.594. The van der Waals surface area contributed by atoms with E-state index >= 15 is 0 Å². The summed E-state index contributed by atoms with van der Waals surface area (Å²) in [5, 5.41) is 2.97. The van der Waals surface area contributed by atoms with E-state index in [0.717, 1.165) is 9.13 Å². The van der Waals surface area contributed by atoms with Gasteiger partial charge >= 0.3 is 6.18 Å². The van der Waals surface area contributed by atoms with Crippen molar-refractivity contribution in [1.29, 1.82) is 0 Å². The van der Waals surface area contributed by atoms with Crippen LogP contribution < -0.4 is 5.32 Å². The van der Waals surface area contributed by atoms with Crippen LogP contribution in [0.5, 0.6) is 0 Å².